The van der Waals surface area contributed by atoms with E-state index in [0.29, 0.717) is 0 Å². The van der Waals surface area contributed by atoms with Crippen LogP contribution in [-0.4, -0.2) is 24.2 Å². The smallest absolute Gasteiger partial charge is 0.396 e. The first-order chi connectivity index (χ1) is 6.95. The van der Waals surface area contributed by atoms with Gasteiger partial charge in [-0.15, -0.1) is 0 Å². The molecule has 96 valence electrons. The summed E-state index contributed by atoms with van der Waals surface area (Å²) < 4.78 is 86.5. The largest absolute Gasteiger partial charge is 0.476 e. The van der Waals surface area contributed by atoms with E-state index >= 15 is 0 Å². The van der Waals surface area contributed by atoms with Crippen LogP contribution in [0.4, 0.5) is 30.7 Å². The minimum Gasteiger partial charge on any atom is -0.396 e. The van der Waals surface area contributed by atoms with Gasteiger partial charge in [0.15, 0.2) is 0 Å². The molecule has 0 saturated heterocycles. The molecule has 0 aromatic carbocycles. The second-order valence-electron chi connectivity index (χ2n) is 2.81. The highest BCUT2D eigenvalue weighted by Gasteiger charge is 2.76. The molecule has 0 N–H and O–H groups in total. The maximum Gasteiger partial charge on any atom is 0.476 e. The Balaban J connectivity index is 4.84. The van der Waals surface area contributed by atoms with E-state index in [9.17, 15) is 35.5 Å². The Morgan fingerprint density at radius 2 is 1.50 bits per heavy atom. The quantitative estimate of drug-likeness (QED) is 0.570. The molecule has 0 rings (SSSR count). The van der Waals surface area contributed by atoms with Crippen LogP contribution in [0.25, 0.3) is 0 Å². The van der Waals surface area contributed by atoms with Gasteiger partial charge in [-0.3, -0.25) is 4.79 Å². The number of hydrogen-bond donors (Lipinski definition) is 0. The van der Waals surface area contributed by atoms with E-state index in [4.69, 9.17) is 0 Å². The summed E-state index contributed by atoms with van der Waals surface area (Å²) in [4.78, 5) is 10.4. The van der Waals surface area contributed by atoms with Crippen LogP contribution in [0.2, 0.25) is 0 Å². The molecular formula is C7H7F7O2. The predicted octanol–water partition coefficient (Wildman–Crippen LogP) is 3.12. The number of carbonyl (C=O) groups excluding carboxylic acids is 1. The van der Waals surface area contributed by atoms with Gasteiger partial charge in [-0.2, -0.15) is 30.7 Å². The van der Waals surface area contributed by atoms with E-state index in [1.54, 1.807) is 0 Å². The third-order valence-corrected chi connectivity index (χ3v) is 1.42. The van der Waals surface area contributed by atoms with Crippen LogP contribution in [0.1, 0.15) is 19.8 Å². The average molecular weight is 256 g/mol. The van der Waals surface area contributed by atoms with Gasteiger partial charge in [0.2, 0.25) is 0 Å². The van der Waals surface area contributed by atoms with Gasteiger partial charge in [0.05, 0.1) is 0 Å². The van der Waals surface area contributed by atoms with Crippen LogP contribution < -0.4 is 0 Å². The molecule has 0 aromatic rings. The summed E-state index contributed by atoms with van der Waals surface area (Å²) in [6, 6.07) is 0. The van der Waals surface area contributed by atoms with Crippen molar-refractivity contribution in [2.75, 3.05) is 0 Å². The van der Waals surface area contributed by atoms with Crippen molar-refractivity contribution in [2.45, 2.75) is 38.0 Å². The van der Waals surface area contributed by atoms with Crippen LogP contribution >= 0.6 is 0 Å². The Morgan fingerprint density at radius 1 is 1.06 bits per heavy atom. The van der Waals surface area contributed by atoms with Crippen molar-refractivity contribution >= 4 is 5.97 Å². The standard InChI is InChI=1S/C7H7F7O2/c1-2-3-4(15)16-7(13,14)5(8,9)6(10,11)12/h2-3H2,1H3. The van der Waals surface area contributed by atoms with Gasteiger partial charge in [-0.05, 0) is 6.42 Å². The van der Waals surface area contributed by atoms with E-state index in [1.165, 1.54) is 6.92 Å². The monoisotopic (exact) mass is 256 g/mol. The molecule has 0 bridgehead atoms. The highest BCUT2D eigenvalue weighted by Crippen LogP contribution is 2.47. The summed E-state index contributed by atoms with van der Waals surface area (Å²) >= 11 is 0. The van der Waals surface area contributed by atoms with Gasteiger partial charge in [-0.25, -0.2) is 0 Å². The van der Waals surface area contributed by atoms with E-state index in [2.05, 4.69) is 4.74 Å². The number of ether oxygens (including phenoxy) is 1. The van der Waals surface area contributed by atoms with Gasteiger partial charge < -0.3 is 4.74 Å². The van der Waals surface area contributed by atoms with Crippen molar-refractivity contribution in [2.24, 2.45) is 0 Å². The number of alkyl halides is 7. The highest BCUT2D eigenvalue weighted by molar-refractivity contribution is 5.69. The summed E-state index contributed by atoms with van der Waals surface area (Å²) in [5.74, 6) is -8.24. The summed E-state index contributed by atoms with van der Waals surface area (Å²) in [6.07, 6.45) is -13.1. The van der Waals surface area contributed by atoms with E-state index < -0.39 is 30.6 Å². The summed E-state index contributed by atoms with van der Waals surface area (Å²) in [7, 11) is 0. The van der Waals surface area contributed by atoms with Gasteiger partial charge >= 0.3 is 24.2 Å². The molecular weight excluding hydrogens is 249 g/mol. The van der Waals surface area contributed by atoms with Crippen LogP contribution in [0.3, 0.4) is 0 Å². The fourth-order valence-electron chi connectivity index (χ4n) is 0.627. The molecule has 0 unspecified atom stereocenters. The van der Waals surface area contributed by atoms with E-state index in [1.807, 2.05) is 0 Å². The third kappa shape index (κ3) is 2.99. The maximum absolute atomic E-state index is 12.4. The summed E-state index contributed by atoms with van der Waals surface area (Å²) in [5.41, 5.74) is 0. The molecule has 0 amide bonds. The molecule has 0 fully saturated rings. The van der Waals surface area contributed by atoms with Crippen molar-refractivity contribution in [3.8, 4) is 0 Å². The van der Waals surface area contributed by atoms with E-state index in [-0.39, 0.29) is 6.42 Å². The Hall–Kier alpha value is -1.02. The zero-order chi connectivity index (χ0) is 13.2. The van der Waals surface area contributed by atoms with Gasteiger partial charge in [0, 0.05) is 6.42 Å². The maximum atomic E-state index is 12.4. The van der Waals surface area contributed by atoms with Gasteiger partial charge in [-0.1, -0.05) is 6.92 Å². The molecule has 0 heterocycles. The molecule has 0 aliphatic heterocycles. The molecule has 0 aromatic heterocycles. The van der Waals surface area contributed by atoms with Crippen molar-refractivity contribution in [1.82, 2.24) is 0 Å². The van der Waals surface area contributed by atoms with E-state index in [0.717, 1.165) is 0 Å². The minimum atomic E-state index is -6.50. The summed E-state index contributed by atoms with van der Waals surface area (Å²) in [5, 5.41) is 0. The Morgan fingerprint density at radius 3 is 1.81 bits per heavy atom. The molecule has 16 heavy (non-hydrogen) atoms. The molecule has 0 aliphatic rings. The first-order valence-electron chi connectivity index (χ1n) is 4.00. The molecule has 2 nitrogen and oxygen atoms in total. The number of halogens is 7. The second-order valence-corrected chi connectivity index (χ2v) is 2.81. The highest BCUT2D eigenvalue weighted by atomic mass is 19.4. The Kier molecular flexibility index (Phi) is 4.18. The van der Waals surface area contributed by atoms with Crippen molar-refractivity contribution in [1.29, 1.82) is 0 Å². The van der Waals surface area contributed by atoms with Gasteiger partial charge in [0.1, 0.15) is 0 Å². The zero-order valence-corrected chi connectivity index (χ0v) is 7.88. The molecule has 0 spiro atoms. The molecule has 0 atom stereocenters. The minimum absolute atomic E-state index is 0.0213. The molecule has 9 heteroatoms. The Labute approximate surface area is 85.4 Å². The SMILES string of the molecule is CCCC(=O)OC(F)(F)C(F)(F)C(F)(F)F. The first-order valence-corrected chi connectivity index (χ1v) is 4.00. The van der Waals surface area contributed by atoms with Crippen molar-refractivity contribution in [3.05, 3.63) is 0 Å². The number of carbonyl (C=O) groups is 1. The molecule has 0 saturated carbocycles. The zero-order valence-electron chi connectivity index (χ0n) is 7.88. The lowest BCUT2D eigenvalue weighted by Gasteiger charge is -2.26. The lowest BCUT2D eigenvalue weighted by molar-refractivity contribution is -0.412. The summed E-state index contributed by atoms with van der Waals surface area (Å²) in [6.45, 7) is 1.33. The topological polar surface area (TPSA) is 26.3 Å². The second kappa shape index (κ2) is 4.46. The van der Waals surface area contributed by atoms with Crippen LogP contribution in [0, 0.1) is 0 Å². The fourth-order valence-corrected chi connectivity index (χ4v) is 0.627. The molecule has 0 aliphatic carbocycles. The van der Waals surface area contributed by atoms with Gasteiger partial charge in [0.25, 0.3) is 0 Å². The Bertz CT molecular complexity index is 258. The number of rotatable bonds is 4. The number of esters is 1. The molecule has 0 radical (unpaired) electrons. The van der Waals surface area contributed by atoms with Crippen LogP contribution in [-0.2, 0) is 9.53 Å². The van der Waals surface area contributed by atoms with Crippen molar-refractivity contribution < 1.29 is 40.3 Å². The lowest BCUT2D eigenvalue weighted by atomic mass is 10.3. The third-order valence-electron chi connectivity index (χ3n) is 1.42. The van der Waals surface area contributed by atoms with Crippen molar-refractivity contribution in [3.63, 3.8) is 0 Å². The average Bonchev–Trinajstić information content (AvgIpc) is 2.00. The number of hydrogen-bond acceptors (Lipinski definition) is 2. The first kappa shape index (κ1) is 15.0. The predicted molar refractivity (Wildman–Crippen MR) is 36.9 cm³/mol. The lowest BCUT2D eigenvalue weighted by Crippen LogP contribution is -2.54. The van der Waals surface area contributed by atoms with Crippen LogP contribution in [0.15, 0.2) is 0 Å². The fraction of sp³-hybridized carbons (Fsp3) is 0.857. The van der Waals surface area contributed by atoms with Crippen LogP contribution in [0.5, 0.6) is 0 Å². The normalized spacial score (nSPS) is 13.8.